The van der Waals surface area contributed by atoms with E-state index in [0.717, 1.165) is 22.3 Å². The lowest BCUT2D eigenvalue weighted by Crippen LogP contribution is -2.61. The highest BCUT2D eigenvalue weighted by Crippen LogP contribution is 2.62. The van der Waals surface area contributed by atoms with Crippen LogP contribution in [0.25, 0.3) is 22.3 Å². The van der Waals surface area contributed by atoms with Crippen LogP contribution >= 0.6 is 0 Å². The number of anilines is 6. The first kappa shape index (κ1) is 51.0. The second-order valence-electron chi connectivity index (χ2n) is 19.9. The molecule has 0 saturated heterocycles. The topological polar surface area (TPSA) is 6.48 Å². The van der Waals surface area contributed by atoms with E-state index in [2.05, 4.69) is 26.8 Å². The Morgan fingerprint density at radius 2 is 0.740 bits per heavy atom. The van der Waals surface area contributed by atoms with Gasteiger partial charge < -0.3 is 9.80 Å². The average Bonchev–Trinajstić information content (AvgIpc) is 3.37. The van der Waals surface area contributed by atoms with Crippen LogP contribution in [0, 0.1) is 6.92 Å². The van der Waals surface area contributed by atoms with Gasteiger partial charge in [-0.1, -0.05) is 148 Å². The molecule has 0 unspecified atom stereocenters. The van der Waals surface area contributed by atoms with Crippen LogP contribution in [-0.2, 0) is 10.8 Å². The molecule has 10 rings (SSSR count). The first-order valence-corrected chi connectivity index (χ1v) is 23.2. The van der Waals surface area contributed by atoms with Gasteiger partial charge in [0.25, 0.3) is 0 Å². The van der Waals surface area contributed by atoms with E-state index in [9.17, 15) is 0 Å². The summed E-state index contributed by atoms with van der Waals surface area (Å²) in [6.45, 7) is 8.26. The van der Waals surface area contributed by atoms with Gasteiger partial charge in [-0.15, -0.1) is 38.2 Å². The molecule has 0 bridgehead atoms. The standard InChI is InChI=1S/C54H27B17N2/c1-20-10-16-27-25(18-20)54(26-19-23(53(2,3)4)13-17-28(26)73(27)52-46(68)35(57)30(36(58)47(52)69)29-33(55)39(61)43(65)40(62)34(29)56)31-37(59)41(63)44(66)48(70)50(31)72(51-32(54)38(60)42(64)45(67)49(51)71)24-14-11-22(12-15-24)21-8-6-5-7-9-21/h5-19H,1-4H3. The van der Waals surface area contributed by atoms with Gasteiger partial charge >= 0.3 is 0 Å². The Balaban J connectivity index is 1.39. The van der Waals surface area contributed by atoms with Gasteiger partial charge in [0.1, 0.15) is 133 Å². The van der Waals surface area contributed by atoms with Crippen LogP contribution < -0.4 is 103 Å². The normalized spacial score (nSPS) is 13.4. The van der Waals surface area contributed by atoms with Gasteiger partial charge in [0.05, 0.1) is 16.8 Å². The molecule has 2 nitrogen and oxygen atoms in total. The molecule has 0 aromatic heterocycles. The summed E-state index contributed by atoms with van der Waals surface area (Å²) < 4.78 is 0. The third kappa shape index (κ3) is 7.16. The number of aryl methyl sites for hydroxylation is 1. The highest BCUT2D eigenvalue weighted by molar-refractivity contribution is 6.71. The summed E-state index contributed by atoms with van der Waals surface area (Å²) >= 11 is 0. The fourth-order valence-electron chi connectivity index (χ4n) is 10.9. The zero-order valence-corrected chi connectivity index (χ0v) is 40.9. The zero-order chi connectivity index (χ0) is 52.8. The van der Waals surface area contributed by atoms with E-state index in [4.69, 9.17) is 133 Å². The van der Waals surface area contributed by atoms with Crippen molar-refractivity contribution in [3.8, 4) is 22.3 Å². The molecule has 8 aromatic carbocycles. The summed E-state index contributed by atoms with van der Waals surface area (Å²) in [7, 11) is 118. The fourth-order valence-corrected chi connectivity index (χ4v) is 10.9. The number of nitrogens with zero attached hydrogens (tertiary/aromatic N) is 2. The van der Waals surface area contributed by atoms with Crippen molar-refractivity contribution in [1.29, 1.82) is 0 Å². The molecule has 2 aliphatic heterocycles. The maximum Gasteiger partial charge on any atom is 0.115 e. The molecule has 2 aliphatic rings. The van der Waals surface area contributed by atoms with Crippen LogP contribution in [0.15, 0.2) is 91.0 Å². The Hall–Kier alpha value is -5.54. The molecule has 73 heavy (non-hydrogen) atoms. The van der Waals surface area contributed by atoms with E-state index in [0.29, 0.717) is 50.7 Å². The molecule has 34 radical (unpaired) electrons. The molecule has 0 amide bonds. The summed E-state index contributed by atoms with van der Waals surface area (Å²) in [5.41, 5.74) is 7.24. The second kappa shape index (κ2) is 17.8. The van der Waals surface area contributed by atoms with Gasteiger partial charge in [0.2, 0.25) is 0 Å². The Labute approximate surface area is 452 Å². The smallest absolute Gasteiger partial charge is 0.115 e. The quantitative estimate of drug-likeness (QED) is 0.163. The predicted octanol–water partition coefficient (Wildman–Crippen LogP) is -5.93. The molecule has 0 saturated carbocycles. The van der Waals surface area contributed by atoms with Crippen molar-refractivity contribution in [3.63, 3.8) is 0 Å². The first-order valence-electron chi connectivity index (χ1n) is 23.2. The number of benzene rings is 8. The molecule has 2 heterocycles. The van der Waals surface area contributed by atoms with Gasteiger partial charge in [-0.25, -0.2) is 0 Å². The maximum atomic E-state index is 7.52. The lowest BCUT2D eigenvalue weighted by atomic mass is 9.49. The van der Waals surface area contributed by atoms with Gasteiger partial charge in [0, 0.05) is 22.7 Å². The van der Waals surface area contributed by atoms with E-state index in [-0.39, 0.29) is 110 Å². The van der Waals surface area contributed by atoms with E-state index >= 15 is 0 Å². The van der Waals surface area contributed by atoms with Gasteiger partial charge in [-0.2, -0.15) is 0 Å². The van der Waals surface area contributed by atoms with Crippen molar-refractivity contribution in [2.24, 2.45) is 0 Å². The van der Waals surface area contributed by atoms with Crippen molar-refractivity contribution in [1.82, 2.24) is 0 Å². The van der Waals surface area contributed by atoms with Crippen molar-refractivity contribution in [3.05, 3.63) is 124 Å². The van der Waals surface area contributed by atoms with Crippen LogP contribution in [0.4, 0.5) is 34.1 Å². The van der Waals surface area contributed by atoms with Gasteiger partial charge in [0.15, 0.2) is 0 Å². The minimum atomic E-state index is -1.60. The van der Waals surface area contributed by atoms with E-state index in [1.807, 2.05) is 102 Å². The molecule has 19 heteroatoms. The molecule has 304 valence electrons. The number of rotatable bonds is 4. The van der Waals surface area contributed by atoms with Gasteiger partial charge in [-0.05, 0) is 86.7 Å². The Bertz CT molecular complexity index is 3590. The van der Waals surface area contributed by atoms with Crippen LogP contribution in [0.2, 0.25) is 0 Å². The van der Waals surface area contributed by atoms with Crippen molar-refractivity contribution < 1.29 is 0 Å². The summed E-state index contributed by atoms with van der Waals surface area (Å²) in [6, 6.07) is 29.8. The fraction of sp³-hybridized carbons (Fsp3) is 0.111. The molecular formula is C54H27B17N2. The van der Waals surface area contributed by atoms with Crippen LogP contribution in [-0.4, -0.2) is 133 Å². The Kier molecular flexibility index (Phi) is 12.4. The summed E-state index contributed by atoms with van der Waals surface area (Å²) in [6.07, 6.45) is 0. The molecule has 0 fully saturated rings. The Morgan fingerprint density at radius 3 is 1.22 bits per heavy atom. The summed E-state index contributed by atoms with van der Waals surface area (Å²) in [4.78, 5) is 3.78. The third-order valence-electron chi connectivity index (χ3n) is 14.8. The van der Waals surface area contributed by atoms with Gasteiger partial charge in [-0.3, -0.25) is 0 Å². The summed E-state index contributed by atoms with van der Waals surface area (Å²) in [5.74, 6) is 0. The minimum Gasteiger partial charge on any atom is -0.311 e. The van der Waals surface area contributed by atoms with E-state index < -0.39 is 10.8 Å². The molecule has 0 aliphatic carbocycles. The third-order valence-corrected chi connectivity index (χ3v) is 14.8. The predicted molar refractivity (Wildman–Crippen MR) is 327 cm³/mol. The SMILES string of the molecule is [B]c1c([B])c([B])c(-c2c([B])c([B])c(N3c4ccc(C)cc4C4(c5cc(C(C)(C)C)ccc53)c3c([B])c([B])c([B])c([B])c3N(c3ccc(-c5ccccc5)cc3)c3c([B])c([B])c([B])c([B])c34)c([B])c2[B])c([B])c1[B]. The molecule has 0 atom stereocenters. The lowest BCUT2D eigenvalue weighted by molar-refractivity contribution is 0.587. The zero-order valence-electron chi connectivity index (χ0n) is 40.9. The number of fused-ring (bicyclic) bond motifs is 8. The monoisotopic (exact) mass is 890 g/mol. The molecular weight excluding hydrogens is 860 g/mol. The number of hydrogen-bond acceptors (Lipinski definition) is 2. The first-order chi connectivity index (χ1) is 34.4. The van der Waals surface area contributed by atoms with Crippen LogP contribution in [0.5, 0.6) is 0 Å². The van der Waals surface area contributed by atoms with Crippen LogP contribution in [0.1, 0.15) is 54.2 Å². The molecule has 1 spiro atoms. The van der Waals surface area contributed by atoms with Crippen molar-refractivity contribution in [2.45, 2.75) is 38.5 Å². The highest BCUT2D eigenvalue weighted by Gasteiger charge is 2.55. The molecule has 8 aromatic rings. The minimum absolute atomic E-state index is 0.00227. The lowest BCUT2D eigenvalue weighted by Gasteiger charge is -2.55. The van der Waals surface area contributed by atoms with Crippen LogP contribution in [0.3, 0.4) is 0 Å². The highest BCUT2D eigenvalue weighted by atomic mass is 15.2. The van der Waals surface area contributed by atoms with E-state index in [1.165, 1.54) is 0 Å². The summed E-state index contributed by atoms with van der Waals surface area (Å²) in [5, 5.41) is 0. The maximum absolute atomic E-state index is 7.52. The van der Waals surface area contributed by atoms with E-state index in [1.54, 1.807) is 0 Å². The van der Waals surface area contributed by atoms with Crippen molar-refractivity contribution >= 4 is 260 Å². The second-order valence-corrected chi connectivity index (χ2v) is 19.9. The van der Waals surface area contributed by atoms with Crippen molar-refractivity contribution in [2.75, 3.05) is 9.80 Å². The molecule has 0 N–H and O–H groups in total. The Morgan fingerprint density at radius 1 is 0.356 bits per heavy atom. The largest absolute Gasteiger partial charge is 0.311 e. The average molecular weight is 888 g/mol. The number of hydrogen-bond donors (Lipinski definition) is 0.